The Balaban J connectivity index is 1.77. The van der Waals surface area contributed by atoms with Crippen LogP contribution in [0.2, 0.25) is 0 Å². The molecule has 2 aromatic rings. The number of amides is 1. The Kier molecular flexibility index (Phi) is 4.55. The minimum Gasteiger partial charge on any atom is -0.477 e. The molecule has 1 fully saturated rings. The van der Waals surface area contributed by atoms with E-state index in [1.165, 1.54) is 6.07 Å². The molecule has 0 radical (unpaired) electrons. The molecule has 0 bridgehead atoms. The van der Waals surface area contributed by atoms with Gasteiger partial charge in [0.1, 0.15) is 11.4 Å². The van der Waals surface area contributed by atoms with Crippen LogP contribution >= 0.6 is 0 Å². The molecule has 1 atom stereocenters. The van der Waals surface area contributed by atoms with E-state index in [9.17, 15) is 9.18 Å². The predicted molar refractivity (Wildman–Crippen MR) is 85.1 cm³/mol. The molecule has 0 saturated carbocycles. The van der Waals surface area contributed by atoms with Gasteiger partial charge in [0.05, 0.1) is 6.61 Å². The standard InChI is InChI=1S/C18H19FN2O2/c1-2-23-17-15(7-5-10-20-17)18(22)21-11-9-13(12-21)14-6-3-4-8-16(14)19/h3-8,10,13H,2,9,11-12H2,1H3/t13-/m1/s1. The predicted octanol–water partition coefficient (Wildman–Crippen LogP) is 3.25. The minimum absolute atomic E-state index is 0.0346. The lowest BCUT2D eigenvalue weighted by molar-refractivity contribution is 0.0785. The van der Waals surface area contributed by atoms with Gasteiger partial charge in [-0.15, -0.1) is 0 Å². The Hall–Kier alpha value is -2.43. The van der Waals surface area contributed by atoms with E-state index in [0.717, 1.165) is 6.42 Å². The van der Waals surface area contributed by atoms with Crippen LogP contribution in [0.5, 0.6) is 5.88 Å². The number of carbonyl (C=O) groups is 1. The molecule has 2 heterocycles. The number of rotatable bonds is 4. The highest BCUT2D eigenvalue weighted by atomic mass is 19.1. The summed E-state index contributed by atoms with van der Waals surface area (Å²) in [6.07, 6.45) is 2.37. The van der Waals surface area contributed by atoms with Crippen molar-refractivity contribution < 1.29 is 13.9 Å². The molecular weight excluding hydrogens is 295 g/mol. The minimum atomic E-state index is -0.205. The molecule has 1 aliphatic heterocycles. The van der Waals surface area contributed by atoms with Crippen LogP contribution in [-0.4, -0.2) is 35.5 Å². The van der Waals surface area contributed by atoms with Crippen molar-refractivity contribution in [2.45, 2.75) is 19.3 Å². The highest BCUT2D eigenvalue weighted by Gasteiger charge is 2.30. The van der Waals surface area contributed by atoms with Crippen LogP contribution in [0, 0.1) is 5.82 Å². The zero-order valence-corrected chi connectivity index (χ0v) is 13.0. The molecule has 1 amide bonds. The highest BCUT2D eigenvalue weighted by Crippen LogP contribution is 2.30. The lowest BCUT2D eigenvalue weighted by atomic mass is 9.98. The van der Waals surface area contributed by atoms with Crippen molar-refractivity contribution in [3.8, 4) is 5.88 Å². The number of likely N-dealkylation sites (tertiary alicyclic amines) is 1. The average molecular weight is 314 g/mol. The molecule has 1 aromatic heterocycles. The number of hydrogen-bond donors (Lipinski definition) is 0. The third-order valence-corrected chi connectivity index (χ3v) is 4.10. The van der Waals surface area contributed by atoms with Gasteiger partial charge in [0.25, 0.3) is 5.91 Å². The van der Waals surface area contributed by atoms with Gasteiger partial charge < -0.3 is 9.64 Å². The zero-order chi connectivity index (χ0) is 16.2. The van der Waals surface area contributed by atoms with E-state index in [-0.39, 0.29) is 17.6 Å². The van der Waals surface area contributed by atoms with E-state index in [1.807, 2.05) is 13.0 Å². The first-order chi connectivity index (χ1) is 11.2. The fourth-order valence-electron chi connectivity index (χ4n) is 2.98. The molecule has 0 aliphatic carbocycles. The van der Waals surface area contributed by atoms with Gasteiger partial charge in [0.15, 0.2) is 0 Å². The monoisotopic (exact) mass is 314 g/mol. The maximum Gasteiger partial charge on any atom is 0.259 e. The van der Waals surface area contributed by atoms with E-state index >= 15 is 0 Å². The number of benzene rings is 1. The largest absolute Gasteiger partial charge is 0.477 e. The quantitative estimate of drug-likeness (QED) is 0.870. The SMILES string of the molecule is CCOc1ncccc1C(=O)N1CC[C@@H](c2ccccc2F)C1. The number of hydrogen-bond acceptors (Lipinski definition) is 3. The lowest BCUT2D eigenvalue weighted by Crippen LogP contribution is -2.29. The van der Waals surface area contributed by atoms with Crippen LogP contribution < -0.4 is 4.74 Å². The summed E-state index contributed by atoms with van der Waals surface area (Å²) in [4.78, 5) is 18.6. The highest BCUT2D eigenvalue weighted by molar-refractivity contribution is 5.96. The van der Waals surface area contributed by atoms with Gasteiger partial charge >= 0.3 is 0 Å². The van der Waals surface area contributed by atoms with Gasteiger partial charge in [-0.05, 0) is 37.1 Å². The number of ether oxygens (including phenoxy) is 1. The van der Waals surface area contributed by atoms with Crippen LogP contribution in [0.3, 0.4) is 0 Å². The first-order valence-electron chi connectivity index (χ1n) is 7.82. The fraction of sp³-hybridized carbons (Fsp3) is 0.333. The normalized spacial score (nSPS) is 17.3. The Morgan fingerprint density at radius 2 is 2.17 bits per heavy atom. The average Bonchev–Trinajstić information content (AvgIpc) is 3.05. The number of halogens is 1. The van der Waals surface area contributed by atoms with Crippen LogP contribution in [0.4, 0.5) is 4.39 Å². The van der Waals surface area contributed by atoms with Gasteiger partial charge in [-0.1, -0.05) is 18.2 Å². The molecule has 0 N–H and O–H groups in total. The fourth-order valence-corrected chi connectivity index (χ4v) is 2.98. The first-order valence-corrected chi connectivity index (χ1v) is 7.82. The second-order valence-corrected chi connectivity index (χ2v) is 5.55. The summed E-state index contributed by atoms with van der Waals surface area (Å²) in [5.74, 6) is 0.0743. The summed E-state index contributed by atoms with van der Waals surface area (Å²) >= 11 is 0. The third-order valence-electron chi connectivity index (χ3n) is 4.10. The van der Waals surface area contributed by atoms with E-state index in [0.29, 0.717) is 36.7 Å². The summed E-state index contributed by atoms with van der Waals surface area (Å²) in [5, 5.41) is 0. The molecule has 5 heteroatoms. The second kappa shape index (κ2) is 6.77. The number of pyridine rings is 1. The molecule has 0 unspecified atom stereocenters. The molecule has 120 valence electrons. The Labute approximate surface area is 134 Å². The topological polar surface area (TPSA) is 42.4 Å². The van der Waals surface area contributed by atoms with E-state index in [4.69, 9.17) is 4.74 Å². The summed E-state index contributed by atoms with van der Waals surface area (Å²) in [5.41, 5.74) is 1.14. The summed E-state index contributed by atoms with van der Waals surface area (Å²) in [6.45, 7) is 3.43. The second-order valence-electron chi connectivity index (χ2n) is 5.55. The van der Waals surface area contributed by atoms with Crippen molar-refractivity contribution in [3.63, 3.8) is 0 Å². The van der Waals surface area contributed by atoms with Crippen molar-refractivity contribution >= 4 is 5.91 Å². The molecular formula is C18H19FN2O2. The smallest absolute Gasteiger partial charge is 0.259 e. The molecule has 4 nitrogen and oxygen atoms in total. The van der Waals surface area contributed by atoms with Crippen LogP contribution in [0.25, 0.3) is 0 Å². The molecule has 1 aliphatic rings. The summed E-state index contributed by atoms with van der Waals surface area (Å²) in [7, 11) is 0. The van der Waals surface area contributed by atoms with Crippen LogP contribution in [-0.2, 0) is 0 Å². The van der Waals surface area contributed by atoms with Crippen molar-refractivity contribution in [1.29, 1.82) is 0 Å². The zero-order valence-electron chi connectivity index (χ0n) is 13.0. The Morgan fingerprint density at radius 3 is 2.96 bits per heavy atom. The van der Waals surface area contributed by atoms with Crippen molar-refractivity contribution in [2.75, 3.05) is 19.7 Å². The third kappa shape index (κ3) is 3.18. The van der Waals surface area contributed by atoms with Gasteiger partial charge in [0, 0.05) is 25.2 Å². The maximum atomic E-state index is 13.9. The molecule has 1 aromatic carbocycles. The van der Waals surface area contributed by atoms with Crippen molar-refractivity contribution in [1.82, 2.24) is 9.88 Å². The van der Waals surface area contributed by atoms with Gasteiger partial charge in [0.2, 0.25) is 5.88 Å². The lowest BCUT2D eigenvalue weighted by Gasteiger charge is -2.18. The Bertz CT molecular complexity index is 705. The molecule has 1 saturated heterocycles. The van der Waals surface area contributed by atoms with Crippen molar-refractivity contribution in [3.05, 3.63) is 59.5 Å². The molecule has 23 heavy (non-hydrogen) atoms. The van der Waals surface area contributed by atoms with E-state index in [1.54, 1.807) is 35.4 Å². The van der Waals surface area contributed by atoms with Gasteiger partial charge in [-0.3, -0.25) is 4.79 Å². The molecule has 0 spiro atoms. The van der Waals surface area contributed by atoms with Gasteiger partial charge in [-0.25, -0.2) is 9.37 Å². The van der Waals surface area contributed by atoms with Crippen LogP contribution in [0.1, 0.15) is 35.2 Å². The number of nitrogens with zero attached hydrogens (tertiary/aromatic N) is 2. The van der Waals surface area contributed by atoms with Gasteiger partial charge in [-0.2, -0.15) is 0 Å². The van der Waals surface area contributed by atoms with Crippen molar-refractivity contribution in [2.24, 2.45) is 0 Å². The number of carbonyl (C=O) groups excluding carboxylic acids is 1. The maximum absolute atomic E-state index is 13.9. The molecule has 3 rings (SSSR count). The summed E-state index contributed by atoms with van der Waals surface area (Å²) in [6, 6.07) is 10.2. The summed E-state index contributed by atoms with van der Waals surface area (Å²) < 4.78 is 19.4. The Morgan fingerprint density at radius 1 is 1.35 bits per heavy atom. The first kappa shape index (κ1) is 15.5. The van der Waals surface area contributed by atoms with E-state index in [2.05, 4.69) is 4.98 Å². The number of aromatic nitrogens is 1. The van der Waals surface area contributed by atoms with E-state index < -0.39 is 0 Å². The van der Waals surface area contributed by atoms with Crippen LogP contribution in [0.15, 0.2) is 42.6 Å².